The molecule has 0 aromatic heterocycles. The van der Waals surface area contributed by atoms with Gasteiger partial charge in [-0.3, -0.25) is 4.55 Å². The summed E-state index contributed by atoms with van der Waals surface area (Å²) in [4.78, 5) is -1.45. The number of hydrogen-bond donors (Lipinski definition) is 1. The van der Waals surface area contributed by atoms with Crippen molar-refractivity contribution in [1.82, 2.24) is 0 Å². The monoisotopic (exact) mass is 196 g/mol. The molecule has 5 heteroatoms. The molecule has 0 rings (SSSR count). The summed E-state index contributed by atoms with van der Waals surface area (Å²) in [5.41, 5.74) is 0. The minimum Gasteiger partial charge on any atom is -0.360 e. The Hall–Kier alpha value is -0.130. The number of hydrogen-bond acceptors (Lipinski definition) is 3. The van der Waals surface area contributed by atoms with Crippen LogP contribution in [-0.2, 0) is 14.9 Å². The lowest BCUT2D eigenvalue weighted by molar-refractivity contribution is 0.0135. The van der Waals surface area contributed by atoms with Gasteiger partial charge in [0.2, 0.25) is 0 Å². The van der Waals surface area contributed by atoms with Gasteiger partial charge in [-0.25, -0.2) is 0 Å². The molecule has 0 saturated carbocycles. The van der Waals surface area contributed by atoms with E-state index in [4.69, 9.17) is 9.29 Å². The van der Waals surface area contributed by atoms with E-state index in [1.165, 1.54) is 7.11 Å². The molecule has 1 atom stereocenters. The zero-order chi connectivity index (χ0) is 9.99. The fourth-order valence-electron chi connectivity index (χ4n) is 1.37. The molecule has 0 spiro atoms. The summed E-state index contributed by atoms with van der Waals surface area (Å²) in [6.07, 6.45) is 0.236. The zero-order valence-electron chi connectivity index (χ0n) is 7.86. The fraction of sp³-hybridized carbons (Fsp3) is 1.00. The number of rotatable bonds is 4. The van der Waals surface area contributed by atoms with Crippen LogP contribution in [0.2, 0.25) is 0 Å². The highest BCUT2D eigenvalue weighted by Crippen LogP contribution is 2.30. The summed E-state index contributed by atoms with van der Waals surface area (Å²) in [5, 5.41) is 0. The van der Waals surface area contributed by atoms with E-state index >= 15 is 0 Å². The van der Waals surface area contributed by atoms with Crippen LogP contribution in [0.5, 0.6) is 0 Å². The van der Waals surface area contributed by atoms with E-state index in [2.05, 4.69) is 0 Å². The van der Waals surface area contributed by atoms with Crippen molar-refractivity contribution >= 4 is 10.1 Å². The largest absolute Gasteiger partial charge is 0.360 e. The van der Waals surface area contributed by atoms with Crippen LogP contribution in [0.15, 0.2) is 0 Å². The summed E-state index contributed by atoms with van der Waals surface area (Å²) in [6, 6.07) is 0. The Balaban J connectivity index is 5.12. The highest BCUT2D eigenvalue weighted by Gasteiger charge is 2.44. The summed E-state index contributed by atoms with van der Waals surface area (Å²) in [6.45, 7) is 5.05. The second kappa shape index (κ2) is 3.72. The van der Waals surface area contributed by atoms with Crippen LogP contribution in [-0.4, -0.2) is 25.0 Å². The molecule has 74 valence electrons. The van der Waals surface area contributed by atoms with Gasteiger partial charge in [0, 0.05) is 7.11 Å². The molecule has 0 aromatic carbocycles. The van der Waals surface area contributed by atoms with Gasteiger partial charge in [0.1, 0.15) is 0 Å². The fourth-order valence-corrected chi connectivity index (χ4v) is 2.54. The predicted molar refractivity (Wildman–Crippen MR) is 46.4 cm³/mol. The molecule has 0 fully saturated rings. The van der Waals surface area contributed by atoms with Crippen LogP contribution in [0.1, 0.15) is 27.2 Å². The van der Waals surface area contributed by atoms with E-state index in [1.54, 1.807) is 20.8 Å². The lowest BCUT2D eigenvalue weighted by Gasteiger charge is -2.31. The van der Waals surface area contributed by atoms with E-state index in [0.717, 1.165) is 0 Å². The van der Waals surface area contributed by atoms with Crippen LogP contribution in [0.25, 0.3) is 0 Å². The van der Waals surface area contributed by atoms with E-state index < -0.39 is 15.1 Å². The molecule has 0 amide bonds. The first kappa shape index (κ1) is 11.9. The minimum absolute atomic E-state index is 0.236. The third-order valence-electron chi connectivity index (χ3n) is 2.15. The maximum Gasteiger partial charge on any atom is 0.295 e. The van der Waals surface area contributed by atoms with Gasteiger partial charge >= 0.3 is 0 Å². The lowest BCUT2D eigenvalue weighted by Crippen LogP contribution is -2.44. The molecule has 0 aliphatic rings. The molecule has 0 radical (unpaired) electrons. The van der Waals surface area contributed by atoms with Gasteiger partial charge in [0.05, 0.1) is 0 Å². The smallest absolute Gasteiger partial charge is 0.295 e. The number of methoxy groups -OCH3 is 1. The van der Waals surface area contributed by atoms with Crippen molar-refractivity contribution in [1.29, 1.82) is 0 Å². The second-order valence-corrected chi connectivity index (χ2v) is 4.64. The average molecular weight is 196 g/mol. The molecule has 0 bridgehead atoms. The third kappa shape index (κ3) is 1.78. The highest BCUT2D eigenvalue weighted by molar-refractivity contribution is 7.87. The van der Waals surface area contributed by atoms with Gasteiger partial charge in [-0.15, -0.1) is 0 Å². The van der Waals surface area contributed by atoms with Gasteiger partial charge in [0.15, 0.2) is 4.93 Å². The van der Waals surface area contributed by atoms with Crippen LogP contribution in [0, 0.1) is 5.92 Å². The average Bonchev–Trinajstić information content (AvgIpc) is 1.87. The van der Waals surface area contributed by atoms with E-state index in [9.17, 15) is 8.42 Å². The first-order chi connectivity index (χ1) is 5.31. The number of ether oxygens (including phenoxy) is 1. The van der Waals surface area contributed by atoms with Gasteiger partial charge in [-0.05, 0) is 12.3 Å². The van der Waals surface area contributed by atoms with Crippen molar-refractivity contribution < 1.29 is 17.7 Å². The minimum atomic E-state index is -4.15. The van der Waals surface area contributed by atoms with Crippen molar-refractivity contribution in [3.63, 3.8) is 0 Å². The zero-order valence-corrected chi connectivity index (χ0v) is 8.68. The third-order valence-corrected chi connectivity index (χ3v) is 3.95. The molecule has 0 aromatic rings. The lowest BCUT2D eigenvalue weighted by atomic mass is 10.0. The molecule has 0 heterocycles. The summed E-state index contributed by atoms with van der Waals surface area (Å²) >= 11 is 0. The molecule has 1 unspecified atom stereocenters. The van der Waals surface area contributed by atoms with Gasteiger partial charge in [-0.1, -0.05) is 20.8 Å². The van der Waals surface area contributed by atoms with Gasteiger partial charge < -0.3 is 4.74 Å². The normalized spacial score (nSPS) is 17.8. The SMILES string of the molecule is CCC(OC)(C(C)C)S(=O)(=O)O. The Morgan fingerprint density at radius 1 is 1.50 bits per heavy atom. The van der Waals surface area contributed by atoms with Gasteiger partial charge in [-0.2, -0.15) is 8.42 Å². The van der Waals surface area contributed by atoms with Crippen molar-refractivity contribution in [2.45, 2.75) is 32.1 Å². The molecule has 1 N–H and O–H groups in total. The van der Waals surface area contributed by atoms with E-state index in [1.807, 2.05) is 0 Å². The topological polar surface area (TPSA) is 63.6 Å². The Labute approximate surface area is 73.7 Å². The predicted octanol–water partition coefficient (Wildman–Crippen LogP) is 1.28. The van der Waals surface area contributed by atoms with Crippen molar-refractivity contribution in [3.8, 4) is 0 Å². The molecule has 0 aliphatic heterocycles. The van der Waals surface area contributed by atoms with E-state index in [0.29, 0.717) is 0 Å². The summed E-state index contributed by atoms with van der Waals surface area (Å²) in [7, 11) is -2.86. The summed E-state index contributed by atoms with van der Waals surface area (Å²) in [5.74, 6) is -0.275. The second-order valence-electron chi connectivity index (χ2n) is 3.00. The Morgan fingerprint density at radius 3 is 1.92 bits per heavy atom. The van der Waals surface area contributed by atoms with Crippen molar-refractivity contribution in [2.24, 2.45) is 5.92 Å². The highest BCUT2D eigenvalue weighted by atomic mass is 32.2. The molecule has 0 saturated heterocycles. The van der Waals surface area contributed by atoms with Crippen LogP contribution >= 0.6 is 0 Å². The Bertz CT molecular complexity index is 226. The van der Waals surface area contributed by atoms with Crippen LogP contribution in [0.3, 0.4) is 0 Å². The molecule has 4 nitrogen and oxygen atoms in total. The van der Waals surface area contributed by atoms with Crippen molar-refractivity contribution in [2.75, 3.05) is 7.11 Å². The van der Waals surface area contributed by atoms with Crippen molar-refractivity contribution in [3.05, 3.63) is 0 Å². The van der Waals surface area contributed by atoms with E-state index in [-0.39, 0.29) is 12.3 Å². The summed E-state index contributed by atoms with van der Waals surface area (Å²) < 4.78 is 35.8. The van der Waals surface area contributed by atoms with Crippen LogP contribution < -0.4 is 0 Å². The molecular weight excluding hydrogens is 180 g/mol. The Morgan fingerprint density at radius 2 is 1.92 bits per heavy atom. The maximum atomic E-state index is 11.0. The molecular formula is C7H16O4S. The maximum absolute atomic E-state index is 11.0. The Kier molecular flexibility index (Phi) is 3.68. The first-order valence-corrected chi connectivity index (χ1v) is 5.28. The quantitative estimate of drug-likeness (QED) is 0.688. The standard InChI is InChI=1S/C7H16O4S/c1-5-7(11-4,6(2)3)12(8,9)10/h6H,5H2,1-4H3,(H,8,9,10). The first-order valence-electron chi connectivity index (χ1n) is 3.84. The van der Waals surface area contributed by atoms with Crippen LogP contribution in [0.4, 0.5) is 0 Å². The molecule has 0 aliphatic carbocycles. The van der Waals surface area contributed by atoms with Gasteiger partial charge in [0.25, 0.3) is 10.1 Å². The molecule has 12 heavy (non-hydrogen) atoms.